The summed E-state index contributed by atoms with van der Waals surface area (Å²) in [6.07, 6.45) is 2.17. The zero-order valence-electron chi connectivity index (χ0n) is 11.4. The van der Waals surface area contributed by atoms with E-state index in [0.717, 1.165) is 25.9 Å². The second kappa shape index (κ2) is 6.41. The topological polar surface area (TPSA) is 58.4 Å². The van der Waals surface area contributed by atoms with E-state index in [1.807, 2.05) is 11.8 Å². The summed E-state index contributed by atoms with van der Waals surface area (Å²) in [4.78, 5) is 14.4. The summed E-state index contributed by atoms with van der Waals surface area (Å²) in [5.74, 6) is 0.108. The lowest BCUT2D eigenvalue weighted by atomic mass is 10.2. The van der Waals surface area contributed by atoms with Crippen LogP contribution in [0.4, 0.5) is 5.69 Å². The van der Waals surface area contributed by atoms with Crippen LogP contribution >= 0.6 is 23.8 Å². The molecule has 1 aromatic rings. The van der Waals surface area contributed by atoms with Crippen LogP contribution in [0.15, 0.2) is 18.2 Å². The van der Waals surface area contributed by atoms with Crippen LogP contribution in [0.25, 0.3) is 0 Å². The Kier molecular flexibility index (Phi) is 4.83. The Morgan fingerprint density at radius 1 is 1.45 bits per heavy atom. The predicted octanol–water partition coefficient (Wildman–Crippen LogP) is 2.40. The lowest BCUT2D eigenvalue weighted by Gasteiger charge is -2.22. The third-order valence-corrected chi connectivity index (χ3v) is 3.96. The first-order valence-corrected chi connectivity index (χ1v) is 7.42. The molecule has 1 atom stereocenters. The van der Waals surface area contributed by atoms with E-state index in [0.29, 0.717) is 21.3 Å². The van der Waals surface area contributed by atoms with Crippen molar-refractivity contribution in [3.05, 3.63) is 28.8 Å². The maximum Gasteiger partial charge on any atom is 0.244 e. The number of halogens is 1. The minimum Gasteiger partial charge on any atom is -0.389 e. The zero-order valence-corrected chi connectivity index (χ0v) is 12.9. The van der Waals surface area contributed by atoms with Crippen LogP contribution in [-0.2, 0) is 4.79 Å². The van der Waals surface area contributed by atoms with Crippen molar-refractivity contribution < 1.29 is 4.79 Å². The van der Waals surface area contributed by atoms with Gasteiger partial charge in [-0.2, -0.15) is 0 Å². The van der Waals surface area contributed by atoms with Crippen LogP contribution in [0, 0.1) is 0 Å². The number of hydrogen-bond acceptors (Lipinski definition) is 3. The van der Waals surface area contributed by atoms with Crippen LogP contribution in [0.2, 0.25) is 5.02 Å². The van der Waals surface area contributed by atoms with Crippen molar-refractivity contribution in [1.82, 2.24) is 4.90 Å². The molecule has 1 aliphatic rings. The summed E-state index contributed by atoms with van der Waals surface area (Å²) in [5.41, 5.74) is 6.99. The number of hydrogen-bond donors (Lipinski definition) is 2. The van der Waals surface area contributed by atoms with Crippen molar-refractivity contribution in [1.29, 1.82) is 0 Å². The fraction of sp³-hybridized carbons (Fsp3) is 0.429. The van der Waals surface area contributed by atoms with Crippen molar-refractivity contribution >= 4 is 40.4 Å². The standard InChI is InChI=1S/C14H18ClN3OS/c1-9(14(19)18-6-2-3-7-18)17-12-5-4-10(13(16)20)8-11(12)15/h4-5,8-9,17H,2-3,6-7H2,1H3,(H2,16,20). The summed E-state index contributed by atoms with van der Waals surface area (Å²) in [5, 5.41) is 3.66. The second-order valence-electron chi connectivity index (χ2n) is 4.96. The smallest absolute Gasteiger partial charge is 0.244 e. The van der Waals surface area contributed by atoms with Crippen LogP contribution in [0.1, 0.15) is 25.3 Å². The van der Waals surface area contributed by atoms with Crippen molar-refractivity contribution in [3.8, 4) is 0 Å². The van der Waals surface area contributed by atoms with Crippen LogP contribution in [0.5, 0.6) is 0 Å². The summed E-state index contributed by atoms with van der Waals surface area (Å²) >= 11 is 11.1. The fourth-order valence-corrected chi connectivity index (χ4v) is 2.65. The number of carbonyl (C=O) groups excluding carboxylic acids is 1. The number of thiocarbonyl (C=S) groups is 1. The molecule has 108 valence electrons. The molecule has 0 saturated carbocycles. The Morgan fingerprint density at radius 2 is 2.10 bits per heavy atom. The molecule has 0 spiro atoms. The highest BCUT2D eigenvalue weighted by atomic mass is 35.5. The van der Waals surface area contributed by atoms with E-state index in [-0.39, 0.29) is 11.9 Å². The number of nitrogens with zero attached hydrogens (tertiary/aromatic N) is 1. The zero-order chi connectivity index (χ0) is 14.7. The monoisotopic (exact) mass is 311 g/mol. The number of anilines is 1. The van der Waals surface area contributed by atoms with Gasteiger partial charge in [-0.1, -0.05) is 23.8 Å². The predicted molar refractivity (Wildman–Crippen MR) is 86.2 cm³/mol. The molecule has 1 saturated heterocycles. The normalized spacial score (nSPS) is 16.0. The van der Waals surface area contributed by atoms with Gasteiger partial charge in [0.05, 0.1) is 10.7 Å². The molecule has 1 amide bonds. The maximum atomic E-state index is 12.2. The lowest BCUT2D eigenvalue weighted by molar-refractivity contribution is -0.130. The van der Waals surface area contributed by atoms with E-state index >= 15 is 0 Å². The fourth-order valence-electron chi connectivity index (χ4n) is 2.29. The van der Waals surface area contributed by atoms with Crippen LogP contribution < -0.4 is 11.1 Å². The Morgan fingerprint density at radius 3 is 2.65 bits per heavy atom. The third-order valence-electron chi connectivity index (χ3n) is 3.41. The molecular formula is C14H18ClN3OS. The first kappa shape index (κ1) is 15.1. The number of nitrogens with two attached hydrogens (primary N) is 1. The molecule has 20 heavy (non-hydrogen) atoms. The van der Waals surface area contributed by atoms with Crippen molar-refractivity contribution in [3.63, 3.8) is 0 Å². The molecule has 1 unspecified atom stereocenters. The van der Waals surface area contributed by atoms with Crippen molar-refractivity contribution in [2.75, 3.05) is 18.4 Å². The largest absolute Gasteiger partial charge is 0.389 e. The highest BCUT2D eigenvalue weighted by molar-refractivity contribution is 7.80. The second-order valence-corrected chi connectivity index (χ2v) is 5.80. The van der Waals surface area contributed by atoms with Gasteiger partial charge in [0.1, 0.15) is 11.0 Å². The first-order chi connectivity index (χ1) is 9.49. The van der Waals surface area contributed by atoms with E-state index in [1.54, 1.807) is 18.2 Å². The Bertz CT molecular complexity index is 529. The van der Waals surface area contributed by atoms with Gasteiger partial charge in [-0.3, -0.25) is 4.79 Å². The molecule has 6 heteroatoms. The SMILES string of the molecule is CC(Nc1ccc(C(N)=S)cc1Cl)C(=O)N1CCCC1. The highest BCUT2D eigenvalue weighted by Gasteiger charge is 2.23. The van der Waals surface area contributed by atoms with Gasteiger partial charge in [0.15, 0.2) is 0 Å². The summed E-state index contributed by atoms with van der Waals surface area (Å²) < 4.78 is 0. The number of benzene rings is 1. The molecule has 0 aliphatic carbocycles. The third kappa shape index (κ3) is 3.41. The van der Waals surface area contributed by atoms with Gasteiger partial charge in [-0.05, 0) is 38.0 Å². The summed E-state index contributed by atoms with van der Waals surface area (Å²) in [6.45, 7) is 3.54. The van der Waals surface area contributed by atoms with Gasteiger partial charge in [-0.15, -0.1) is 0 Å². The van der Waals surface area contributed by atoms with E-state index < -0.39 is 0 Å². The molecular weight excluding hydrogens is 294 g/mol. The summed E-state index contributed by atoms with van der Waals surface area (Å²) in [6, 6.07) is 4.99. The van der Waals surface area contributed by atoms with Gasteiger partial charge in [-0.25, -0.2) is 0 Å². The summed E-state index contributed by atoms with van der Waals surface area (Å²) in [7, 11) is 0. The number of amides is 1. The van der Waals surface area contributed by atoms with E-state index in [4.69, 9.17) is 29.6 Å². The highest BCUT2D eigenvalue weighted by Crippen LogP contribution is 2.24. The van der Waals surface area contributed by atoms with Crippen LogP contribution in [-0.4, -0.2) is 34.9 Å². The maximum absolute atomic E-state index is 12.2. The van der Waals surface area contributed by atoms with E-state index in [1.165, 1.54) is 0 Å². The minimum atomic E-state index is -0.304. The molecule has 3 N–H and O–H groups in total. The Hall–Kier alpha value is -1.33. The quantitative estimate of drug-likeness (QED) is 0.838. The van der Waals surface area contributed by atoms with Gasteiger partial charge < -0.3 is 16.0 Å². The first-order valence-electron chi connectivity index (χ1n) is 6.63. The van der Waals surface area contributed by atoms with Gasteiger partial charge in [0, 0.05) is 18.7 Å². The van der Waals surface area contributed by atoms with Crippen molar-refractivity contribution in [2.45, 2.75) is 25.8 Å². The Labute approximate surface area is 129 Å². The molecule has 1 aromatic carbocycles. The molecule has 1 heterocycles. The molecule has 0 aromatic heterocycles. The number of likely N-dealkylation sites (tertiary alicyclic amines) is 1. The molecule has 0 bridgehead atoms. The molecule has 4 nitrogen and oxygen atoms in total. The van der Waals surface area contributed by atoms with Crippen molar-refractivity contribution in [2.24, 2.45) is 5.73 Å². The lowest BCUT2D eigenvalue weighted by Crippen LogP contribution is -2.39. The molecule has 1 aliphatic heterocycles. The van der Waals surface area contributed by atoms with Gasteiger partial charge >= 0.3 is 0 Å². The van der Waals surface area contributed by atoms with Gasteiger partial charge in [0.2, 0.25) is 5.91 Å². The molecule has 1 fully saturated rings. The van der Waals surface area contributed by atoms with Gasteiger partial charge in [0.25, 0.3) is 0 Å². The van der Waals surface area contributed by atoms with Crippen LogP contribution in [0.3, 0.4) is 0 Å². The molecule has 2 rings (SSSR count). The minimum absolute atomic E-state index is 0.108. The van der Waals surface area contributed by atoms with E-state index in [2.05, 4.69) is 5.32 Å². The van der Waals surface area contributed by atoms with E-state index in [9.17, 15) is 4.79 Å². The Balaban J connectivity index is 2.05. The number of nitrogens with one attached hydrogen (secondary N) is 1. The molecule has 0 radical (unpaired) electrons. The average molecular weight is 312 g/mol. The number of rotatable bonds is 4. The number of carbonyl (C=O) groups is 1. The average Bonchev–Trinajstić information content (AvgIpc) is 2.93.